The molecule has 22 heavy (non-hydrogen) atoms. The molecule has 0 aromatic heterocycles. The lowest BCUT2D eigenvalue weighted by Gasteiger charge is -2.15. The molecule has 0 atom stereocenters. The summed E-state index contributed by atoms with van der Waals surface area (Å²) in [5.41, 5.74) is -1.69. The maximum absolute atomic E-state index is 12.9. The van der Waals surface area contributed by atoms with Crippen LogP contribution in [0.3, 0.4) is 0 Å². The minimum absolute atomic E-state index is 0.0585. The lowest BCUT2D eigenvalue weighted by Crippen LogP contribution is -2.30. The van der Waals surface area contributed by atoms with Crippen LogP contribution in [0.2, 0.25) is 0 Å². The predicted octanol–water partition coefficient (Wildman–Crippen LogP) is 0.514. The lowest BCUT2D eigenvalue weighted by molar-refractivity contribution is -0.137. The Labute approximate surface area is 124 Å². The van der Waals surface area contributed by atoms with Crippen molar-refractivity contribution >= 4 is 21.6 Å². The Kier molecular flexibility index (Phi) is 5.40. The van der Waals surface area contributed by atoms with Gasteiger partial charge in [-0.3, -0.25) is 4.79 Å². The molecule has 0 aliphatic carbocycles. The van der Waals surface area contributed by atoms with Gasteiger partial charge in [0.1, 0.15) is 0 Å². The third kappa shape index (κ3) is 4.94. The van der Waals surface area contributed by atoms with Crippen LogP contribution in [0.1, 0.15) is 5.56 Å². The monoisotopic (exact) mass is 335 g/mol. The van der Waals surface area contributed by atoms with Gasteiger partial charge in [-0.05, 0) is 18.2 Å². The number of alkyl halides is 3. The molecule has 10 heteroatoms. The number of nitrogens with two attached hydrogens (primary N) is 1. The summed E-state index contributed by atoms with van der Waals surface area (Å²) in [7, 11) is -4.27. The normalized spacial score (nSPS) is 11.6. The van der Waals surface area contributed by atoms with Crippen molar-refractivity contribution in [2.24, 2.45) is 5.14 Å². The van der Waals surface area contributed by atoms with E-state index in [1.165, 1.54) is 0 Å². The fourth-order valence-corrected chi connectivity index (χ4v) is 2.02. The molecule has 0 saturated carbocycles. The van der Waals surface area contributed by atoms with Gasteiger partial charge in [-0.25, -0.2) is 13.6 Å². The molecule has 0 fully saturated rings. The third-order valence-electron chi connectivity index (χ3n) is 2.45. The van der Waals surface area contributed by atoms with Crippen molar-refractivity contribution < 1.29 is 26.4 Å². The summed E-state index contributed by atoms with van der Waals surface area (Å²) in [4.78, 5) is 10.6. The van der Waals surface area contributed by atoms with E-state index in [1.54, 1.807) is 0 Å². The first-order valence-electron chi connectivity index (χ1n) is 5.74. The first-order valence-corrected chi connectivity index (χ1v) is 7.28. The van der Waals surface area contributed by atoms with Gasteiger partial charge in [-0.2, -0.15) is 13.2 Å². The Morgan fingerprint density at radius 2 is 2.00 bits per heavy atom. The molecule has 1 amide bonds. The van der Waals surface area contributed by atoms with Crippen molar-refractivity contribution in [3.05, 3.63) is 23.8 Å². The van der Waals surface area contributed by atoms with Crippen LogP contribution in [0.5, 0.6) is 0 Å². The highest BCUT2D eigenvalue weighted by atomic mass is 32.2. The van der Waals surface area contributed by atoms with E-state index in [-0.39, 0.29) is 6.54 Å². The Hall–Kier alpha value is -2.25. The summed E-state index contributed by atoms with van der Waals surface area (Å²) in [6.07, 6.45) is 0.0990. The standard InChI is InChI=1S/C12H12F3N3O3S/c1-2-5-17-11(19)7-18-10-4-3-8(22(16,20)21)6-9(10)12(13,14)15/h1,3-4,6,18H,5,7H2,(H,17,19)(H2,16,20,21). The van der Waals surface area contributed by atoms with Gasteiger partial charge in [0.15, 0.2) is 0 Å². The van der Waals surface area contributed by atoms with E-state index in [4.69, 9.17) is 11.6 Å². The molecule has 0 radical (unpaired) electrons. The van der Waals surface area contributed by atoms with Gasteiger partial charge in [0, 0.05) is 5.69 Å². The van der Waals surface area contributed by atoms with Crippen LogP contribution < -0.4 is 15.8 Å². The molecule has 4 N–H and O–H groups in total. The number of primary sulfonamides is 1. The largest absolute Gasteiger partial charge is 0.418 e. The SMILES string of the molecule is C#CCNC(=O)CNc1ccc(S(N)(=O)=O)cc1C(F)(F)F. The molecule has 0 heterocycles. The molecule has 0 spiro atoms. The van der Waals surface area contributed by atoms with E-state index >= 15 is 0 Å². The molecular formula is C12H12F3N3O3S. The van der Waals surface area contributed by atoms with Crippen molar-refractivity contribution in [2.45, 2.75) is 11.1 Å². The fraction of sp³-hybridized carbons (Fsp3) is 0.250. The number of carbonyl (C=O) groups excluding carboxylic acids is 1. The number of anilines is 1. The molecule has 0 aliphatic heterocycles. The number of sulfonamides is 1. The smallest absolute Gasteiger partial charge is 0.376 e. The van der Waals surface area contributed by atoms with E-state index in [0.29, 0.717) is 6.07 Å². The molecule has 1 aromatic rings. The van der Waals surface area contributed by atoms with Crippen molar-refractivity contribution in [2.75, 3.05) is 18.4 Å². The third-order valence-corrected chi connectivity index (χ3v) is 3.36. The molecule has 6 nitrogen and oxygen atoms in total. The zero-order valence-corrected chi connectivity index (χ0v) is 11.9. The Balaban J connectivity index is 3.05. The van der Waals surface area contributed by atoms with Crippen molar-refractivity contribution in [3.8, 4) is 12.3 Å². The quantitative estimate of drug-likeness (QED) is 0.683. The van der Waals surface area contributed by atoms with Gasteiger partial charge in [-0.1, -0.05) is 5.92 Å². The second-order valence-electron chi connectivity index (χ2n) is 4.08. The Bertz CT molecular complexity index is 709. The summed E-state index contributed by atoms with van der Waals surface area (Å²) in [5.74, 6) is 1.53. The zero-order chi connectivity index (χ0) is 17.0. The molecular weight excluding hydrogens is 323 g/mol. The number of terminal acetylenes is 1. The van der Waals surface area contributed by atoms with Gasteiger partial charge < -0.3 is 10.6 Å². The number of nitrogens with one attached hydrogen (secondary N) is 2. The highest BCUT2D eigenvalue weighted by Crippen LogP contribution is 2.36. The van der Waals surface area contributed by atoms with Crippen LogP contribution >= 0.6 is 0 Å². The highest BCUT2D eigenvalue weighted by Gasteiger charge is 2.34. The second kappa shape index (κ2) is 6.67. The minimum atomic E-state index is -4.82. The number of rotatable bonds is 5. The first-order chi connectivity index (χ1) is 10.1. The summed E-state index contributed by atoms with van der Waals surface area (Å²) >= 11 is 0. The summed E-state index contributed by atoms with van der Waals surface area (Å²) in [6, 6.07) is 2.19. The van der Waals surface area contributed by atoms with Gasteiger partial charge in [0.05, 0.1) is 23.5 Å². The Morgan fingerprint density at radius 3 is 2.50 bits per heavy atom. The average molecular weight is 335 g/mol. The van der Waals surface area contributed by atoms with Crippen molar-refractivity contribution in [1.82, 2.24) is 5.32 Å². The molecule has 1 aromatic carbocycles. The fourth-order valence-electron chi connectivity index (χ4n) is 1.48. The Morgan fingerprint density at radius 1 is 1.36 bits per heavy atom. The molecule has 1 rings (SSSR count). The average Bonchev–Trinajstić information content (AvgIpc) is 2.40. The van der Waals surface area contributed by atoms with Crippen LogP contribution in [0, 0.1) is 12.3 Å². The summed E-state index contributed by atoms with van der Waals surface area (Å²) in [6.45, 7) is -0.517. The van der Waals surface area contributed by atoms with Crippen LogP contribution in [0.25, 0.3) is 0 Å². The first kappa shape index (κ1) is 17.8. The number of halogens is 3. The van der Waals surface area contributed by atoms with Crippen LogP contribution in [0.4, 0.5) is 18.9 Å². The predicted molar refractivity (Wildman–Crippen MR) is 73.1 cm³/mol. The molecule has 0 unspecified atom stereocenters. The highest BCUT2D eigenvalue weighted by molar-refractivity contribution is 7.89. The zero-order valence-electron chi connectivity index (χ0n) is 11.1. The van der Waals surface area contributed by atoms with E-state index in [2.05, 4.69) is 16.6 Å². The molecule has 0 saturated heterocycles. The lowest BCUT2D eigenvalue weighted by atomic mass is 10.1. The van der Waals surface area contributed by atoms with Crippen LogP contribution in [-0.2, 0) is 21.0 Å². The van der Waals surface area contributed by atoms with Gasteiger partial charge in [0.25, 0.3) is 0 Å². The van der Waals surface area contributed by atoms with E-state index < -0.39 is 44.8 Å². The number of hydrogen-bond donors (Lipinski definition) is 3. The van der Waals surface area contributed by atoms with Crippen LogP contribution in [-0.4, -0.2) is 27.4 Å². The molecule has 120 valence electrons. The second-order valence-corrected chi connectivity index (χ2v) is 5.65. The number of amides is 1. The summed E-state index contributed by atoms with van der Waals surface area (Å²) in [5, 5.41) is 9.33. The number of benzene rings is 1. The van der Waals surface area contributed by atoms with Gasteiger partial charge in [0.2, 0.25) is 15.9 Å². The number of carbonyl (C=O) groups is 1. The van der Waals surface area contributed by atoms with E-state index in [9.17, 15) is 26.4 Å². The maximum Gasteiger partial charge on any atom is 0.418 e. The van der Waals surface area contributed by atoms with Crippen molar-refractivity contribution in [3.63, 3.8) is 0 Å². The van der Waals surface area contributed by atoms with Crippen molar-refractivity contribution in [1.29, 1.82) is 0 Å². The van der Waals surface area contributed by atoms with E-state index in [1.807, 2.05) is 0 Å². The molecule has 0 aliphatic rings. The molecule has 0 bridgehead atoms. The number of hydrogen-bond acceptors (Lipinski definition) is 4. The van der Waals surface area contributed by atoms with Gasteiger partial charge in [-0.15, -0.1) is 6.42 Å². The summed E-state index contributed by atoms with van der Waals surface area (Å²) < 4.78 is 61.1. The van der Waals surface area contributed by atoms with E-state index in [0.717, 1.165) is 12.1 Å². The van der Waals surface area contributed by atoms with Gasteiger partial charge >= 0.3 is 6.18 Å². The topological polar surface area (TPSA) is 101 Å². The minimum Gasteiger partial charge on any atom is -0.376 e. The maximum atomic E-state index is 12.9. The van der Waals surface area contributed by atoms with Crippen LogP contribution in [0.15, 0.2) is 23.1 Å².